The lowest BCUT2D eigenvalue weighted by Gasteiger charge is -2.17. The molecule has 0 aliphatic heterocycles. The zero-order valence-corrected chi connectivity index (χ0v) is 18.9. The van der Waals surface area contributed by atoms with Crippen LogP contribution in [-0.2, 0) is 11.3 Å². The fraction of sp³-hybridized carbons (Fsp3) is 0.125. The second kappa shape index (κ2) is 9.80. The van der Waals surface area contributed by atoms with Gasteiger partial charge in [-0.3, -0.25) is 9.59 Å². The summed E-state index contributed by atoms with van der Waals surface area (Å²) >= 11 is 7.39. The Morgan fingerprint density at radius 3 is 2.50 bits per heavy atom. The fourth-order valence-electron chi connectivity index (χ4n) is 3.22. The van der Waals surface area contributed by atoms with E-state index in [0.717, 1.165) is 22.5 Å². The predicted octanol–water partition coefficient (Wildman–Crippen LogP) is 4.64. The van der Waals surface area contributed by atoms with Crippen LogP contribution in [0.1, 0.15) is 15.2 Å². The quantitative estimate of drug-likeness (QED) is 0.433. The second-order valence-corrected chi connectivity index (χ2v) is 8.58. The molecule has 0 aliphatic rings. The minimum absolute atomic E-state index is 0.0731. The van der Waals surface area contributed by atoms with Crippen molar-refractivity contribution in [1.82, 2.24) is 20.0 Å². The summed E-state index contributed by atoms with van der Waals surface area (Å²) in [4.78, 5) is 26.9. The Hall–Kier alpha value is -3.42. The van der Waals surface area contributed by atoms with Gasteiger partial charge in [0.25, 0.3) is 5.91 Å². The Balaban J connectivity index is 1.53. The number of nitrogens with zero attached hydrogens (tertiary/aromatic N) is 3. The Labute approximate surface area is 195 Å². The third kappa shape index (κ3) is 5.07. The van der Waals surface area contributed by atoms with Gasteiger partial charge in [0, 0.05) is 35.9 Å². The molecule has 0 atom stereocenters. The SMILES string of the molecule is CN(Cc1cn(-c2ccccc2)nc1-c1ccc(Cl)cc1)C(=O)CNC(=O)c1cccs1. The van der Waals surface area contributed by atoms with Gasteiger partial charge in [0.1, 0.15) is 0 Å². The molecule has 0 unspecified atom stereocenters. The molecule has 0 spiro atoms. The van der Waals surface area contributed by atoms with E-state index in [9.17, 15) is 9.59 Å². The Morgan fingerprint density at radius 1 is 1.06 bits per heavy atom. The lowest BCUT2D eigenvalue weighted by molar-refractivity contribution is -0.129. The number of likely N-dealkylation sites (N-methyl/N-ethyl adjacent to an activating group) is 1. The number of nitrogens with one attached hydrogen (secondary N) is 1. The van der Waals surface area contributed by atoms with E-state index in [4.69, 9.17) is 16.7 Å². The number of thiophene rings is 1. The van der Waals surface area contributed by atoms with Gasteiger partial charge in [-0.2, -0.15) is 5.10 Å². The molecule has 2 aromatic heterocycles. The van der Waals surface area contributed by atoms with Gasteiger partial charge in [-0.1, -0.05) is 48.0 Å². The minimum atomic E-state index is -0.250. The van der Waals surface area contributed by atoms with E-state index in [1.807, 2.05) is 66.2 Å². The molecule has 8 heteroatoms. The molecule has 2 amide bonds. The molecule has 2 heterocycles. The number of rotatable bonds is 7. The van der Waals surface area contributed by atoms with E-state index < -0.39 is 0 Å². The fourth-order valence-corrected chi connectivity index (χ4v) is 3.98. The van der Waals surface area contributed by atoms with Crippen molar-refractivity contribution in [1.29, 1.82) is 0 Å². The van der Waals surface area contributed by atoms with Crippen molar-refractivity contribution in [2.45, 2.75) is 6.54 Å². The van der Waals surface area contributed by atoms with Gasteiger partial charge < -0.3 is 10.2 Å². The van der Waals surface area contributed by atoms with Crippen LogP contribution in [-0.4, -0.2) is 40.1 Å². The molecule has 0 fully saturated rings. The van der Waals surface area contributed by atoms with Crippen LogP contribution in [0.5, 0.6) is 0 Å². The van der Waals surface area contributed by atoms with Crippen molar-refractivity contribution in [3.8, 4) is 16.9 Å². The number of carbonyl (C=O) groups is 2. The summed E-state index contributed by atoms with van der Waals surface area (Å²) in [5.41, 5.74) is 3.49. The highest BCUT2D eigenvalue weighted by molar-refractivity contribution is 7.12. The van der Waals surface area contributed by atoms with Gasteiger partial charge in [-0.25, -0.2) is 4.68 Å². The van der Waals surface area contributed by atoms with Crippen LogP contribution in [0.15, 0.2) is 78.3 Å². The lowest BCUT2D eigenvalue weighted by atomic mass is 10.1. The zero-order chi connectivity index (χ0) is 22.5. The van der Waals surface area contributed by atoms with Gasteiger partial charge in [0.15, 0.2) is 0 Å². The molecule has 0 aliphatic carbocycles. The Kier molecular flexibility index (Phi) is 6.68. The summed E-state index contributed by atoms with van der Waals surface area (Å²) in [6.07, 6.45) is 1.92. The summed E-state index contributed by atoms with van der Waals surface area (Å²) in [6, 6.07) is 20.8. The van der Waals surface area contributed by atoms with E-state index in [2.05, 4.69) is 5.32 Å². The van der Waals surface area contributed by atoms with Crippen LogP contribution in [0, 0.1) is 0 Å². The van der Waals surface area contributed by atoms with Gasteiger partial charge >= 0.3 is 0 Å². The van der Waals surface area contributed by atoms with E-state index in [1.165, 1.54) is 11.3 Å². The van der Waals surface area contributed by atoms with E-state index in [0.29, 0.717) is 16.4 Å². The maximum atomic E-state index is 12.7. The van der Waals surface area contributed by atoms with Crippen molar-refractivity contribution in [3.63, 3.8) is 0 Å². The summed E-state index contributed by atoms with van der Waals surface area (Å²) in [6.45, 7) is 0.273. The predicted molar refractivity (Wildman–Crippen MR) is 127 cm³/mol. The van der Waals surface area contributed by atoms with E-state index >= 15 is 0 Å². The summed E-state index contributed by atoms with van der Waals surface area (Å²) < 4.78 is 1.80. The van der Waals surface area contributed by atoms with Crippen molar-refractivity contribution >= 4 is 34.8 Å². The van der Waals surface area contributed by atoms with Crippen LogP contribution >= 0.6 is 22.9 Å². The summed E-state index contributed by atoms with van der Waals surface area (Å²) in [5, 5.41) is 9.92. The largest absolute Gasteiger partial charge is 0.342 e. The van der Waals surface area contributed by atoms with Crippen LogP contribution < -0.4 is 5.32 Å². The first kappa shape index (κ1) is 21.8. The molecule has 0 radical (unpaired) electrons. The molecule has 1 N–H and O–H groups in total. The number of amides is 2. The number of halogens is 1. The van der Waals surface area contributed by atoms with Gasteiger partial charge in [-0.05, 0) is 35.7 Å². The maximum absolute atomic E-state index is 12.7. The summed E-state index contributed by atoms with van der Waals surface area (Å²) in [5.74, 6) is -0.440. The Morgan fingerprint density at radius 2 is 1.81 bits per heavy atom. The van der Waals surface area contributed by atoms with Crippen molar-refractivity contribution < 1.29 is 9.59 Å². The minimum Gasteiger partial charge on any atom is -0.342 e. The molecule has 4 rings (SSSR count). The normalized spacial score (nSPS) is 10.7. The van der Waals surface area contributed by atoms with Crippen LogP contribution in [0.2, 0.25) is 5.02 Å². The van der Waals surface area contributed by atoms with Gasteiger partial charge in [0.2, 0.25) is 5.91 Å². The smallest absolute Gasteiger partial charge is 0.261 e. The van der Waals surface area contributed by atoms with Crippen molar-refractivity contribution in [2.75, 3.05) is 13.6 Å². The third-order valence-electron chi connectivity index (χ3n) is 4.91. The number of aromatic nitrogens is 2. The standard InChI is InChI=1S/C24H21ClN4O2S/c1-28(22(30)14-26-24(31)21-8-5-13-32-21)15-18-16-29(20-6-3-2-4-7-20)27-23(18)17-9-11-19(25)12-10-17/h2-13,16H,14-15H2,1H3,(H,26,31). The first-order valence-electron chi connectivity index (χ1n) is 9.97. The highest BCUT2D eigenvalue weighted by atomic mass is 35.5. The molecule has 32 heavy (non-hydrogen) atoms. The third-order valence-corrected chi connectivity index (χ3v) is 6.03. The van der Waals surface area contributed by atoms with Crippen LogP contribution in [0.25, 0.3) is 16.9 Å². The summed E-state index contributed by atoms with van der Waals surface area (Å²) in [7, 11) is 1.71. The van der Waals surface area contributed by atoms with Crippen molar-refractivity contribution in [3.05, 3.63) is 93.8 Å². The first-order valence-corrected chi connectivity index (χ1v) is 11.2. The average Bonchev–Trinajstić information content (AvgIpc) is 3.49. The molecular formula is C24H21ClN4O2S. The number of para-hydroxylation sites is 1. The van der Waals surface area contributed by atoms with Crippen LogP contribution in [0.3, 0.4) is 0 Å². The van der Waals surface area contributed by atoms with Gasteiger partial charge in [-0.15, -0.1) is 11.3 Å². The molecule has 0 saturated heterocycles. The molecule has 4 aromatic rings. The molecular weight excluding hydrogens is 444 g/mol. The monoisotopic (exact) mass is 464 g/mol. The van der Waals surface area contributed by atoms with Crippen molar-refractivity contribution in [2.24, 2.45) is 0 Å². The highest BCUT2D eigenvalue weighted by Gasteiger charge is 2.18. The number of hydrogen-bond donors (Lipinski definition) is 1. The Bertz CT molecular complexity index is 1200. The number of benzene rings is 2. The first-order chi connectivity index (χ1) is 15.5. The second-order valence-electron chi connectivity index (χ2n) is 7.20. The maximum Gasteiger partial charge on any atom is 0.261 e. The molecule has 0 bridgehead atoms. The number of carbonyl (C=O) groups excluding carboxylic acids is 2. The van der Waals surface area contributed by atoms with Gasteiger partial charge in [0.05, 0.1) is 22.8 Å². The average molecular weight is 465 g/mol. The number of hydrogen-bond acceptors (Lipinski definition) is 4. The topological polar surface area (TPSA) is 67.2 Å². The molecule has 162 valence electrons. The highest BCUT2D eigenvalue weighted by Crippen LogP contribution is 2.26. The molecule has 6 nitrogen and oxygen atoms in total. The zero-order valence-electron chi connectivity index (χ0n) is 17.4. The van der Waals surface area contributed by atoms with Crippen LogP contribution in [0.4, 0.5) is 0 Å². The lowest BCUT2D eigenvalue weighted by Crippen LogP contribution is -2.37. The molecule has 0 saturated carbocycles. The van der Waals surface area contributed by atoms with E-state index in [1.54, 1.807) is 28.8 Å². The van der Waals surface area contributed by atoms with E-state index in [-0.39, 0.29) is 18.4 Å². The molecule has 2 aromatic carbocycles.